The lowest BCUT2D eigenvalue weighted by Crippen LogP contribution is -3.00. The van der Waals surface area contributed by atoms with E-state index in [0.717, 1.165) is 12.2 Å². The van der Waals surface area contributed by atoms with Gasteiger partial charge in [-0.3, -0.25) is 0 Å². The van der Waals surface area contributed by atoms with E-state index in [4.69, 9.17) is 0 Å². The van der Waals surface area contributed by atoms with Gasteiger partial charge in [0.05, 0.1) is 0 Å². The lowest BCUT2D eigenvalue weighted by atomic mass is 10.2. The number of para-hydroxylation sites is 1. The summed E-state index contributed by atoms with van der Waals surface area (Å²) in [7, 11) is 0. The Balaban J connectivity index is 0.00000144. The van der Waals surface area contributed by atoms with Gasteiger partial charge in [-0.05, 0) is 18.6 Å². The first-order valence-corrected chi connectivity index (χ1v) is 5.89. The molecule has 0 fully saturated rings. The maximum atomic E-state index is 4.34. The molecule has 0 unspecified atom stereocenters. The molecule has 0 bridgehead atoms. The van der Waals surface area contributed by atoms with Crippen LogP contribution in [0.3, 0.4) is 0 Å². The van der Waals surface area contributed by atoms with E-state index in [0.29, 0.717) is 0 Å². The van der Waals surface area contributed by atoms with Gasteiger partial charge in [-0.2, -0.15) is 0 Å². The fourth-order valence-corrected chi connectivity index (χ4v) is 1.70. The van der Waals surface area contributed by atoms with Crippen molar-refractivity contribution in [2.75, 3.05) is 0 Å². The fraction of sp³-hybridized carbons (Fsp3) is 0.385. The van der Waals surface area contributed by atoms with Crippen molar-refractivity contribution >= 4 is 0 Å². The van der Waals surface area contributed by atoms with Crippen LogP contribution in [0.25, 0.3) is 5.69 Å². The van der Waals surface area contributed by atoms with Crippen LogP contribution in [0.15, 0.2) is 43.0 Å². The Kier molecular flexibility index (Phi) is 5.91. The number of aromatic nitrogens is 3. The molecule has 2 aromatic rings. The van der Waals surface area contributed by atoms with E-state index < -0.39 is 0 Å². The molecule has 0 saturated heterocycles. The highest BCUT2D eigenvalue weighted by molar-refractivity contribution is 5.20. The summed E-state index contributed by atoms with van der Waals surface area (Å²) in [5.74, 6) is 0. The summed E-state index contributed by atoms with van der Waals surface area (Å²) in [5.41, 5.74) is 1.16. The van der Waals surface area contributed by atoms with Gasteiger partial charge < -0.3 is 17.0 Å². The molecular formula is C13H18BrN3. The number of hydrogen-bond donors (Lipinski definition) is 0. The zero-order valence-electron chi connectivity index (χ0n) is 10.1. The van der Waals surface area contributed by atoms with Crippen molar-refractivity contribution < 1.29 is 21.5 Å². The highest BCUT2D eigenvalue weighted by Crippen LogP contribution is 1.99. The molecule has 1 aromatic heterocycles. The van der Waals surface area contributed by atoms with Crippen LogP contribution < -0.4 is 21.5 Å². The third-order valence-corrected chi connectivity index (χ3v) is 2.63. The van der Waals surface area contributed by atoms with Gasteiger partial charge in [-0.25, -0.2) is 4.57 Å². The van der Waals surface area contributed by atoms with Crippen LogP contribution in [0.4, 0.5) is 0 Å². The van der Waals surface area contributed by atoms with E-state index in [1.165, 1.54) is 19.3 Å². The second-order valence-electron chi connectivity index (χ2n) is 3.96. The van der Waals surface area contributed by atoms with Crippen LogP contribution in [-0.2, 0) is 6.54 Å². The first-order chi connectivity index (χ1) is 7.90. The van der Waals surface area contributed by atoms with Crippen molar-refractivity contribution in [3.05, 3.63) is 43.0 Å². The highest BCUT2D eigenvalue weighted by Gasteiger charge is 2.06. The largest absolute Gasteiger partial charge is 1.00 e. The molecular weight excluding hydrogens is 278 g/mol. The molecule has 1 heterocycles. The topological polar surface area (TPSA) is 21.7 Å². The van der Waals surface area contributed by atoms with Gasteiger partial charge in [0.1, 0.15) is 12.2 Å². The van der Waals surface area contributed by atoms with Crippen LogP contribution in [0.5, 0.6) is 0 Å². The molecule has 1 aromatic carbocycles. The van der Waals surface area contributed by atoms with Gasteiger partial charge in [0.2, 0.25) is 6.33 Å². The molecule has 0 aliphatic rings. The second-order valence-corrected chi connectivity index (χ2v) is 3.96. The van der Waals surface area contributed by atoms with Gasteiger partial charge in [0.15, 0.2) is 0 Å². The average molecular weight is 296 g/mol. The maximum absolute atomic E-state index is 4.34. The quantitative estimate of drug-likeness (QED) is 0.531. The van der Waals surface area contributed by atoms with Crippen molar-refractivity contribution in [2.45, 2.75) is 32.7 Å². The smallest absolute Gasteiger partial charge is 0.270 e. The number of unbranched alkanes of at least 4 members (excludes halogenated alkanes) is 2. The van der Waals surface area contributed by atoms with Gasteiger partial charge in [-0.15, -0.1) is 4.68 Å². The Hall–Kier alpha value is -1.16. The van der Waals surface area contributed by atoms with Crippen molar-refractivity contribution in [1.29, 1.82) is 0 Å². The Labute approximate surface area is 113 Å². The SMILES string of the molecule is CCCCCn1c[n+](-c2ccccc2)cn1.[Br-]. The monoisotopic (exact) mass is 295 g/mol. The van der Waals surface area contributed by atoms with Crippen LogP contribution in [0.1, 0.15) is 26.2 Å². The summed E-state index contributed by atoms with van der Waals surface area (Å²) in [6, 6.07) is 10.3. The summed E-state index contributed by atoms with van der Waals surface area (Å²) in [5, 5.41) is 4.34. The summed E-state index contributed by atoms with van der Waals surface area (Å²) >= 11 is 0. The zero-order chi connectivity index (χ0) is 11.2. The molecule has 0 amide bonds. The Bertz CT molecular complexity index is 425. The minimum absolute atomic E-state index is 0. The van der Waals surface area contributed by atoms with Crippen molar-refractivity contribution in [3.8, 4) is 5.69 Å². The van der Waals surface area contributed by atoms with Crippen LogP contribution in [0.2, 0.25) is 0 Å². The summed E-state index contributed by atoms with van der Waals surface area (Å²) in [6.45, 7) is 3.22. The Morgan fingerprint density at radius 2 is 1.94 bits per heavy atom. The van der Waals surface area contributed by atoms with E-state index in [2.05, 4.69) is 24.2 Å². The van der Waals surface area contributed by atoms with E-state index in [1.54, 1.807) is 0 Å². The number of aryl methyl sites for hydroxylation is 1. The van der Waals surface area contributed by atoms with Crippen LogP contribution >= 0.6 is 0 Å². The molecule has 0 atom stereocenters. The summed E-state index contributed by atoms with van der Waals surface area (Å²) in [6.07, 6.45) is 7.63. The van der Waals surface area contributed by atoms with E-state index in [9.17, 15) is 0 Å². The van der Waals surface area contributed by atoms with Crippen molar-refractivity contribution in [2.24, 2.45) is 0 Å². The Morgan fingerprint density at radius 3 is 2.65 bits per heavy atom. The van der Waals surface area contributed by atoms with Crippen molar-refractivity contribution in [3.63, 3.8) is 0 Å². The number of benzene rings is 1. The lowest BCUT2D eigenvalue weighted by molar-refractivity contribution is -0.596. The molecule has 92 valence electrons. The Morgan fingerprint density at radius 1 is 1.18 bits per heavy atom. The minimum atomic E-state index is 0. The molecule has 3 nitrogen and oxygen atoms in total. The predicted octanol–water partition coefficient (Wildman–Crippen LogP) is -0.646. The van der Waals surface area contributed by atoms with Gasteiger partial charge in [-0.1, -0.05) is 38.0 Å². The zero-order valence-corrected chi connectivity index (χ0v) is 11.7. The number of halogens is 1. The summed E-state index contributed by atoms with van der Waals surface area (Å²) in [4.78, 5) is 0. The minimum Gasteiger partial charge on any atom is -1.00 e. The molecule has 0 aliphatic carbocycles. The van der Waals surface area contributed by atoms with E-state index in [-0.39, 0.29) is 17.0 Å². The number of rotatable bonds is 5. The highest BCUT2D eigenvalue weighted by atomic mass is 79.9. The molecule has 4 heteroatoms. The molecule has 0 aliphatic heterocycles. The molecule has 0 radical (unpaired) electrons. The van der Waals surface area contributed by atoms with Gasteiger partial charge in [0.25, 0.3) is 6.33 Å². The summed E-state index contributed by atoms with van der Waals surface area (Å²) < 4.78 is 4.05. The fourth-order valence-electron chi connectivity index (χ4n) is 1.70. The molecule has 2 rings (SSSR count). The molecule has 0 N–H and O–H groups in total. The number of nitrogens with zero attached hydrogens (tertiary/aromatic N) is 3. The molecule has 0 spiro atoms. The predicted molar refractivity (Wildman–Crippen MR) is 63.3 cm³/mol. The van der Waals surface area contributed by atoms with Crippen LogP contribution in [-0.4, -0.2) is 9.78 Å². The number of hydrogen-bond acceptors (Lipinski definition) is 1. The maximum Gasteiger partial charge on any atom is 0.270 e. The van der Waals surface area contributed by atoms with Gasteiger partial charge in [0, 0.05) is 5.10 Å². The first-order valence-electron chi connectivity index (χ1n) is 5.89. The van der Waals surface area contributed by atoms with Crippen molar-refractivity contribution in [1.82, 2.24) is 9.78 Å². The van der Waals surface area contributed by atoms with Crippen LogP contribution in [0, 0.1) is 0 Å². The van der Waals surface area contributed by atoms with Gasteiger partial charge >= 0.3 is 0 Å². The lowest BCUT2D eigenvalue weighted by Gasteiger charge is -1.94. The normalized spacial score (nSPS) is 9.94. The molecule has 0 saturated carbocycles. The van der Waals surface area contributed by atoms with E-state index >= 15 is 0 Å². The second kappa shape index (κ2) is 7.22. The third-order valence-electron chi connectivity index (χ3n) is 2.63. The van der Waals surface area contributed by atoms with E-state index in [1.807, 2.05) is 40.1 Å². The third kappa shape index (κ3) is 3.97. The average Bonchev–Trinajstić information content (AvgIpc) is 2.79. The standard InChI is InChI=1S/C13H18N3.BrH/c1-2-3-7-10-16-12-15(11-14-16)13-8-5-4-6-9-13;/h4-6,8-9,11-12H,2-3,7,10H2,1H3;1H/q+1;/p-1. The molecule has 17 heavy (non-hydrogen) atoms. The first kappa shape index (κ1) is 13.9.